The van der Waals surface area contributed by atoms with Crippen LogP contribution in [0.2, 0.25) is 0 Å². The Labute approximate surface area is 285 Å². The third kappa shape index (κ3) is 6.15. The Balaban J connectivity index is 2.46. The highest BCUT2D eigenvalue weighted by molar-refractivity contribution is 6.12. The molecule has 0 spiro atoms. The van der Waals surface area contributed by atoms with Gasteiger partial charge in [-0.3, -0.25) is 0 Å². The zero-order chi connectivity index (χ0) is 41.2. The maximum absolute atomic E-state index is 15.1. The van der Waals surface area contributed by atoms with Gasteiger partial charge in [-0.05, 0) is 0 Å². The molecule has 4 rings (SSSR count). The van der Waals surface area contributed by atoms with E-state index in [2.05, 4.69) is 0 Å². The van der Waals surface area contributed by atoms with E-state index in [-0.39, 0.29) is 0 Å². The molecule has 0 amide bonds. The van der Waals surface area contributed by atoms with Crippen molar-refractivity contribution in [3.63, 3.8) is 0 Å². The fourth-order valence-corrected chi connectivity index (χ4v) is 4.78. The van der Waals surface area contributed by atoms with Gasteiger partial charge in [0.1, 0.15) is 41.5 Å². The van der Waals surface area contributed by atoms with Crippen LogP contribution in [-0.4, -0.2) is 9.97 Å². The second kappa shape index (κ2) is 13.2. The van der Waals surface area contributed by atoms with Crippen molar-refractivity contribution in [1.82, 2.24) is 9.97 Å². The summed E-state index contributed by atoms with van der Waals surface area (Å²) < 4.78 is 244. The molecule has 0 saturated heterocycles. The molecule has 0 atom stereocenters. The highest BCUT2D eigenvalue weighted by Gasteiger charge is 2.52. The maximum Gasteiger partial charge on any atom is 0.451 e. The smallest absolute Gasteiger partial charge is 0.219 e. The van der Waals surface area contributed by atoms with Crippen LogP contribution < -0.4 is 0 Å². The van der Waals surface area contributed by atoms with Crippen LogP contribution >= 0.6 is 0 Å². The zero-order valence-electron chi connectivity index (χ0n) is 24.6. The monoisotopic (exact) mass is 781 g/mol. The van der Waals surface area contributed by atoms with E-state index in [0.717, 1.165) is 12.1 Å². The quantitative estimate of drug-likeness (QED) is 0.147. The van der Waals surface area contributed by atoms with Crippen LogP contribution in [0.3, 0.4) is 0 Å². The normalized spacial score (nSPS) is 15.7. The van der Waals surface area contributed by atoms with Crippen molar-refractivity contribution < 1.29 is 74.6 Å². The minimum absolute atomic E-state index is 0.599. The second-order valence-electron chi connectivity index (χ2n) is 9.93. The van der Waals surface area contributed by atoms with Crippen molar-refractivity contribution in [2.45, 2.75) is 18.5 Å². The number of hydrogen-bond donors (Lipinski definition) is 0. The van der Waals surface area contributed by atoms with Gasteiger partial charge in [0.25, 0.3) is 0 Å². The van der Waals surface area contributed by atoms with Crippen LogP contribution in [0.15, 0.2) is 16.7 Å². The minimum atomic E-state index is -6.45. The van der Waals surface area contributed by atoms with Gasteiger partial charge in [0, 0.05) is 16.7 Å². The zero-order valence-corrected chi connectivity index (χ0v) is 24.6. The lowest BCUT2D eigenvalue weighted by molar-refractivity contribution is -0.159. The lowest BCUT2D eigenvalue weighted by Crippen LogP contribution is -2.25. The number of halogens is 17. The lowest BCUT2D eigenvalue weighted by Gasteiger charge is -2.18. The molecule has 0 aliphatic heterocycles. The van der Waals surface area contributed by atoms with Gasteiger partial charge in [-0.25, -0.2) is 45.1 Å². The molecule has 0 N–H and O–H groups in total. The van der Waals surface area contributed by atoms with Gasteiger partial charge in [0.15, 0.2) is 57.9 Å². The van der Waals surface area contributed by atoms with Crippen molar-refractivity contribution in [1.29, 1.82) is 26.3 Å². The molecule has 2 aromatic carbocycles. The summed E-state index contributed by atoms with van der Waals surface area (Å²) in [5.74, 6) is -24.6. The highest BCUT2D eigenvalue weighted by atomic mass is 19.4. The Morgan fingerprint density at radius 1 is 0.389 bits per heavy atom. The molecule has 24 heteroatoms. The Morgan fingerprint density at radius 2 is 0.648 bits per heavy atom. The van der Waals surface area contributed by atoms with Crippen molar-refractivity contribution in [2.75, 3.05) is 0 Å². The molecule has 54 heavy (non-hydrogen) atoms. The van der Waals surface area contributed by atoms with Gasteiger partial charge in [-0.2, -0.15) is 65.8 Å². The highest BCUT2D eigenvalue weighted by Crippen LogP contribution is 2.58. The first kappa shape index (κ1) is 39.8. The minimum Gasteiger partial charge on any atom is -0.219 e. The Hall–Kier alpha value is -7.00. The van der Waals surface area contributed by atoms with Crippen molar-refractivity contribution in [3.05, 3.63) is 108 Å². The topological polar surface area (TPSA) is 145 Å². The summed E-state index contributed by atoms with van der Waals surface area (Å²) >= 11 is 0. The summed E-state index contributed by atoms with van der Waals surface area (Å²) in [6.45, 7) is 0. The third-order valence-electron chi connectivity index (χ3n) is 6.97. The predicted octanol–water partition coefficient (Wildman–Crippen LogP) is 8.63. The molecule has 0 bridgehead atoms. The molecular weight excluding hydrogens is 781 g/mol. The predicted molar refractivity (Wildman–Crippen MR) is 137 cm³/mol. The summed E-state index contributed by atoms with van der Waals surface area (Å²) in [5, 5.41) is 47.2. The first-order chi connectivity index (χ1) is 24.9. The average Bonchev–Trinajstić information content (AvgIpc) is 3.79. The number of rotatable bonds is 3. The molecule has 7 nitrogen and oxygen atoms in total. The molecule has 0 unspecified atom stereocenters. The van der Waals surface area contributed by atoms with Gasteiger partial charge in [0.05, 0.1) is 33.4 Å². The van der Waals surface area contributed by atoms with Crippen molar-refractivity contribution >= 4 is 16.7 Å². The van der Waals surface area contributed by atoms with Crippen LogP contribution in [0.25, 0.3) is 16.7 Å². The molecular formula is C30F17N7. The number of allylic oxidation sites excluding steroid dienone is 6. The maximum atomic E-state index is 15.1. The van der Waals surface area contributed by atoms with Crippen LogP contribution in [0.5, 0.6) is 0 Å². The number of hydrogen-bond acceptors (Lipinski definition) is 7. The number of benzene rings is 2. The molecule has 0 radical (unpaired) electrons. The fraction of sp³-hybridized carbons (Fsp3) is 0.100. The summed E-state index contributed by atoms with van der Waals surface area (Å²) in [6.07, 6.45) is -19.1. The van der Waals surface area contributed by atoms with Gasteiger partial charge in [-0.1, -0.05) is 0 Å². The van der Waals surface area contributed by atoms with E-state index in [1.165, 1.54) is 0 Å². The molecule has 1 aliphatic rings. The molecule has 3 aromatic rings. The van der Waals surface area contributed by atoms with E-state index in [9.17, 15) is 72.9 Å². The lowest BCUT2D eigenvalue weighted by atomic mass is 9.98. The molecule has 1 aliphatic carbocycles. The van der Waals surface area contributed by atoms with Crippen LogP contribution in [-0.2, 0) is 18.5 Å². The first-order valence-corrected chi connectivity index (χ1v) is 13.0. The van der Waals surface area contributed by atoms with E-state index in [0.29, 0.717) is 18.2 Å². The summed E-state index contributed by atoms with van der Waals surface area (Å²) in [5.41, 5.74) is -30.1. The average molecular weight is 781 g/mol. The van der Waals surface area contributed by atoms with Crippen LogP contribution in [0, 0.1) is 103 Å². The van der Waals surface area contributed by atoms with E-state index < -0.39 is 144 Å². The van der Waals surface area contributed by atoms with E-state index >= 15 is 17.6 Å². The van der Waals surface area contributed by atoms with Gasteiger partial charge in [-0.15, -0.1) is 0 Å². The second-order valence-corrected chi connectivity index (χ2v) is 9.93. The van der Waals surface area contributed by atoms with E-state index in [1.54, 1.807) is 0 Å². The number of alkyl halides is 9. The van der Waals surface area contributed by atoms with Gasteiger partial charge in [0.2, 0.25) is 5.82 Å². The Morgan fingerprint density at radius 3 is 0.852 bits per heavy atom. The summed E-state index contributed by atoms with van der Waals surface area (Å²) in [4.78, 5) is 4.00. The van der Waals surface area contributed by atoms with E-state index in [1.807, 2.05) is 9.97 Å². The Bertz CT molecular complexity index is 2330. The Kier molecular flexibility index (Phi) is 9.73. The standard InChI is InChI=1S/C30F17N7/c31-17-9(4-51)18(32)22(36)14(21(17)35)6(1-48)11-12(7(2-49)15-23(37)19(33)10(5-52)20(34)24(15)38)13(11)8(3-50)16-25(28(39,40)41)53-27(30(45,46)47)54-26(16)29(42,43)44/b11-6+,12-7?,13-8+. The van der Waals surface area contributed by atoms with Crippen LogP contribution in [0.4, 0.5) is 74.6 Å². The van der Waals surface area contributed by atoms with Crippen LogP contribution in [0.1, 0.15) is 45.0 Å². The summed E-state index contributed by atoms with van der Waals surface area (Å²) in [7, 11) is 0. The van der Waals surface area contributed by atoms with Crippen molar-refractivity contribution in [3.8, 4) is 30.3 Å². The summed E-state index contributed by atoms with van der Waals surface area (Å²) in [6, 6.07) is 3.43. The fourth-order valence-electron chi connectivity index (χ4n) is 4.78. The number of nitriles is 5. The SMILES string of the molecule is N#CC(=C1C(=C(\C#N)c2c(C(F)(F)F)nc(C(F)(F)F)nc2C(F)(F)F)/C1=C(\C#N)c1c(F)c(F)c(C#N)c(F)c1F)c1c(F)c(F)c(C#N)c(F)c1F. The van der Waals surface area contributed by atoms with Gasteiger partial charge >= 0.3 is 18.5 Å². The molecule has 1 fully saturated rings. The molecule has 1 saturated carbocycles. The largest absolute Gasteiger partial charge is 0.451 e. The number of aromatic nitrogens is 2. The number of nitrogens with zero attached hydrogens (tertiary/aromatic N) is 7. The van der Waals surface area contributed by atoms with Crippen molar-refractivity contribution in [2.24, 2.45) is 0 Å². The first-order valence-electron chi connectivity index (χ1n) is 13.0. The molecule has 1 aromatic heterocycles. The van der Waals surface area contributed by atoms with Gasteiger partial charge < -0.3 is 0 Å². The third-order valence-corrected chi connectivity index (χ3v) is 6.97. The molecule has 274 valence electrons. The molecule has 1 heterocycles. The van der Waals surface area contributed by atoms with E-state index in [4.69, 9.17) is 10.5 Å².